The summed E-state index contributed by atoms with van der Waals surface area (Å²) in [7, 11) is 0. The average molecular weight is 599 g/mol. The Morgan fingerprint density at radius 1 is 0.878 bits per heavy atom. The van der Waals surface area contributed by atoms with Gasteiger partial charge in [-0.1, -0.05) is 104 Å². The van der Waals surface area contributed by atoms with Crippen LogP contribution in [-0.4, -0.2) is 48.8 Å². The summed E-state index contributed by atoms with van der Waals surface area (Å²) in [5, 5.41) is 18.2. The minimum Gasteiger partial charge on any atom is -0.385 e. The highest BCUT2D eigenvalue weighted by atomic mass is 35.5. The standard InChI is InChI=1S/C34H44ClN3O2.ClH/c1-2-3-10-23-36-32(39)37-27-33(28-12-6-4-7-13-28,29-14-8-5-9-15-29)20-11-24-38-25-21-34(40,22-26-38)30-16-18-31(35)19-17-30;/h4-9,12-19,40H,2-3,10-11,20-27H2,1H3,(H2,36,37,39);1H. The highest BCUT2D eigenvalue weighted by molar-refractivity contribution is 6.30. The highest BCUT2D eigenvalue weighted by Crippen LogP contribution is 2.38. The maximum atomic E-state index is 12.8. The maximum Gasteiger partial charge on any atom is 0.314 e. The van der Waals surface area contributed by atoms with E-state index >= 15 is 0 Å². The number of halogens is 2. The van der Waals surface area contributed by atoms with Gasteiger partial charge in [0.05, 0.1) is 5.60 Å². The number of hydrogen-bond acceptors (Lipinski definition) is 3. The molecule has 1 aliphatic rings. The van der Waals surface area contributed by atoms with Gasteiger partial charge in [0, 0.05) is 36.6 Å². The summed E-state index contributed by atoms with van der Waals surface area (Å²) in [4.78, 5) is 15.2. The summed E-state index contributed by atoms with van der Waals surface area (Å²) in [5.41, 5.74) is 2.23. The van der Waals surface area contributed by atoms with E-state index in [1.165, 1.54) is 11.1 Å². The number of carbonyl (C=O) groups is 1. The monoisotopic (exact) mass is 597 g/mol. The Bertz CT molecular complexity index is 1130. The Kier molecular flexibility index (Phi) is 13.0. The molecule has 1 fully saturated rings. The van der Waals surface area contributed by atoms with Crippen molar-refractivity contribution in [3.63, 3.8) is 0 Å². The van der Waals surface area contributed by atoms with E-state index in [1.54, 1.807) is 0 Å². The predicted molar refractivity (Wildman–Crippen MR) is 172 cm³/mol. The molecule has 0 aromatic heterocycles. The molecule has 4 rings (SSSR count). The van der Waals surface area contributed by atoms with Crippen molar-refractivity contribution in [3.8, 4) is 0 Å². The van der Waals surface area contributed by atoms with Crippen molar-refractivity contribution in [2.45, 2.75) is 62.9 Å². The van der Waals surface area contributed by atoms with Crippen molar-refractivity contribution in [1.29, 1.82) is 0 Å². The summed E-state index contributed by atoms with van der Waals surface area (Å²) in [6, 6.07) is 28.6. The second-order valence-electron chi connectivity index (χ2n) is 11.1. The fourth-order valence-corrected chi connectivity index (χ4v) is 6.06. The largest absolute Gasteiger partial charge is 0.385 e. The van der Waals surface area contributed by atoms with Crippen LogP contribution in [0.15, 0.2) is 84.9 Å². The van der Waals surface area contributed by atoms with E-state index in [4.69, 9.17) is 11.6 Å². The first kappa shape index (κ1) is 32.9. The lowest BCUT2D eigenvalue weighted by molar-refractivity contribution is -0.0262. The first-order chi connectivity index (χ1) is 19.4. The molecule has 41 heavy (non-hydrogen) atoms. The molecule has 0 spiro atoms. The highest BCUT2D eigenvalue weighted by Gasteiger charge is 2.36. The van der Waals surface area contributed by atoms with Crippen LogP contribution in [0.3, 0.4) is 0 Å². The van der Waals surface area contributed by atoms with E-state index in [0.29, 0.717) is 31.0 Å². The van der Waals surface area contributed by atoms with Gasteiger partial charge in [-0.15, -0.1) is 12.4 Å². The first-order valence-corrected chi connectivity index (χ1v) is 15.2. The van der Waals surface area contributed by atoms with E-state index in [0.717, 1.165) is 57.3 Å². The van der Waals surface area contributed by atoms with Gasteiger partial charge in [0.2, 0.25) is 0 Å². The van der Waals surface area contributed by atoms with Crippen molar-refractivity contribution in [1.82, 2.24) is 15.5 Å². The van der Waals surface area contributed by atoms with Crippen LogP contribution in [0.2, 0.25) is 5.02 Å². The molecule has 0 unspecified atom stereocenters. The van der Waals surface area contributed by atoms with Gasteiger partial charge in [-0.2, -0.15) is 0 Å². The lowest BCUT2D eigenvalue weighted by Gasteiger charge is -2.40. The zero-order valence-corrected chi connectivity index (χ0v) is 25.7. The fraction of sp³-hybridized carbons (Fsp3) is 0.441. The molecule has 0 atom stereocenters. The molecule has 5 nitrogen and oxygen atoms in total. The smallest absolute Gasteiger partial charge is 0.314 e. The van der Waals surface area contributed by atoms with Crippen LogP contribution in [0.1, 0.15) is 68.6 Å². The lowest BCUT2D eigenvalue weighted by Crippen LogP contribution is -2.46. The van der Waals surface area contributed by atoms with Crippen molar-refractivity contribution >= 4 is 30.0 Å². The molecule has 1 saturated heterocycles. The molecule has 0 bridgehead atoms. The Labute approximate surface area is 257 Å². The topological polar surface area (TPSA) is 64.6 Å². The SMILES string of the molecule is CCCCCNC(=O)NCC(CCCN1CCC(O)(c2ccc(Cl)cc2)CC1)(c1ccccc1)c1ccccc1.Cl. The van der Waals surface area contributed by atoms with Gasteiger partial charge in [-0.05, 0) is 67.5 Å². The van der Waals surface area contributed by atoms with Gasteiger partial charge in [-0.3, -0.25) is 0 Å². The van der Waals surface area contributed by atoms with Crippen molar-refractivity contribution in [2.24, 2.45) is 0 Å². The summed E-state index contributed by atoms with van der Waals surface area (Å²) < 4.78 is 0. The molecular formula is C34H45Cl2N3O2. The van der Waals surface area contributed by atoms with Crippen LogP contribution in [0.5, 0.6) is 0 Å². The number of nitrogens with zero attached hydrogens (tertiary/aromatic N) is 1. The molecule has 1 aliphatic heterocycles. The molecule has 0 aliphatic carbocycles. The minimum absolute atomic E-state index is 0. The van der Waals surface area contributed by atoms with Crippen LogP contribution in [0.25, 0.3) is 0 Å². The number of benzene rings is 3. The predicted octanol–water partition coefficient (Wildman–Crippen LogP) is 7.30. The van der Waals surface area contributed by atoms with Gasteiger partial charge in [0.25, 0.3) is 0 Å². The molecule has 0 radical (unpaired) electrons. The molecule has 7 heteroatoms. The number of hydrogen-bond donors (Lipinski definition) is 3. The number of urea groups is 1. The average Bonchev–Trinajstić information content (AvgIpc) is 2.99. The molecule has 1 heterocycles. The zero-order chi connectivity index (χ0) is 28.3. The van der Waals surface area contributed by atoms with E-state index in [1.807, 2.05) is 36.4 Å². The normalized spacial score (nSPS) is 15.1. The van der Waals surface area contributed by atoms with Crippen LogP contribution in [0, 0.1) is 0 Å². The van der Waals surface area contributed by atoms with Crippen molar-refractivity contribution < 1.29 is 9.90 Å². The number of aliphatic hydroxyl groups is 1. The summed E-state index contributed by atoms with van der Waals surface area (Å²) >= 11 is 6.06. The lowest BCUT2D eigenvalue weighted by atomic mass is 9.71. The van der Waals surface area contributed by atoms with Gasteiger partial charge >= 0.3 is 6.03 Å². The maximum absolute atomic E-state index is 12.8. The van der Waals surface area contributed by atoms with Crippen molar-refractivity contribution in [2.75, 3.05) is 32.7 Å². The molecular weight excluding hydrogens is 553 g/mol. The third-order valence-electron chi connectivity index (χ3n) is 8.41. The Morgan fingerprint density at radius 2 is 1.46 bits per heavy atom. The molecule has 0 saturated carbocycles. The van der Waals surface area contributed by atoms with Crippen LogP contribution >= 0.6 is 24.0 Å². The number of piperidine rings is 1. The Balaban J connectivity index is 0.00000462. The molecule has 222 valence electrons. The summed E-state index contributed by atoms with van der Waals surface area (Å²) in [5.74, 6) is 0. The minimum atomic E-state index is -0.798. The van der Waals surface area contributed by atoms with Crippen LogP contribution in [0.4, 0.5) is 4.79 Å². The number of unbranched alkanes of at least 4 members (excludes halogenated alkanes) is 2. The number of nitrogens with one attached hydrogen (secondary N) is 2. The number of likely N-dealkylation sites (tertiary alicyclic amines) is 1. The summed E-state index contributed by atoms with van der Waals surface area (Å²) in [6.45, 7) is 6.03. The fourth-order valence-electron chi connectivity index (χ4n) is 5.93. The van der Waals surface area contributed by atoms with E-state index in [9.17, 15) is 9.90 Å². The van der Waals surface area contributed by atoms with Gasteiger partial charge in [-0.25, -0.2) is 4.79 Å². The zero-order valence-electron chi connectivity index (χ0n) is 24.2. The van der Waals surface area contributed by atoms with Gasteiger partial charge < -0.3 is 20.6 Å². The van der Waals surface area contributed by atoms with Crippen molar-refractivity contribution in [3.05, 3.63) is 107 Å². The summed E-state index contributed by atoms with van der Waals surface area (Å²) in [6.07, 6.45) is 6.53. The number of carbonyl (C=O) groups excluding carboxylic acids is 1. The third-order valence-corrected chi connectivity index (χ3v) is 8.66. The molecule has 3 N–H and O–H groups in total. The Morgan fingerprint density at radius 3 is 2.02 bits per heavy atom. The van der Waals surface area contributed by atoms with E-state index in [2.05, 4.69) is 71.0 Å². The van der Waals surface area contributed by atoms with E-state index < -0.39 is 5.60 Å². The van der Waals surface area contributed by atoms with Gasteiger partial charge in [0.15, 0.2) is 0 Å². The third kappa shape index (κ3) is 8.96. The Hall–Kier alpha value is -2.57. The quantitative estimate of drug-likeness (QED) is 0.181. The van der Waals surface area contributed by atoms with Gasteiger partial charge in [0.1, 0.15) is 0 Å². The van der Waals surface area contributed by atoms with E-state index in [-0.39, 0.29) is 23.9 Å². The molecule has 2 amide bonds. The molecule has 3 aromatic carbocycles. The van der Waals surface area contributed by atoms with Crippen LogP contribution < -0.4 is 10.6 Å². The molecule has 3 aromatic rings. The second kappa shape index (κ2) is 16.2. The second-order valence-corrected chi connectivity index (χ2v) is 11.6. The van der Waals surface area contributed by atoms with Crippen LogP contribution in [-0.2, 0) is 11.0 Å². The number of rotatable bonds is 13. The first-order valence-electron chi connectivity index (χ1n) is 14.8. The number of amides is 2.